The van der Waals surface area contributed by atoms with Crippen LogP contribution in [0.5, 0.6) is 0 Å². The van der Waals surface area contributed by atoms with Crippen molar-refractivity contribution in [1.82, 2.24) is 5.32 Å². The van der Waals surface area contributed by atoms with Crippen LogP contribution >= 0.6 is 0 Å². The first-order valence-electron chi connectivity index (χ1n) is 7.05. The molecule has 2 nitrogen and oxygen atoms in total. The molecular formula is C14H27NO. The summed E-state index contributed by atoms with van der Waals surface area (Å²) in [5, 5.41) is 3.63. The van der Waals surface area contributed by atoms with Gasteiger partial charge in [0.25, 0.3) is 0 Å². The fourth-order valence-electron chi connectivity index (χ4n) is 3.52. The number of ether oxygens (including phenoxy) is 1. The molecule has 0 radical (unpaired) electrons. The van der Waals surface area contributed by atoms with Crippen LogP contribution in [0.3, 0.4) is 0 Å². The number of rotatable bonds is 2. The van der Waals surface area contributed by atoms with E-state index in [0.717, 1.165) is 25.4 Å². The van der Waals surface area contributed by atoms with Gasteiger partial charge in [-0.05, 0) is 32.1 Å². The van der Waals surface area contributed by atoms with E-state index < -0.39 is 0 Å². The minimum absolute atomic E-state index is 0.0585. The zero-order valence-electron chi connectivity index (χ0n) is 11.1. The van der Waals surface area contributed by atoms with Gasteiger partial charge in [-0.25, -0.2) is 0 Å². The summed E-state index contributed by atoms with van der Waals surface area (Å²) in [7, 11) is 0. The lowest BCUT2D eigenvalue weighted by Gasteiger charge is -2.52. The van der Waals surface area contributed by atoms with Gasteiger partial charge in [0.05, 0.1) is 11.2 Å². The summed E-state index contributed by atoms with van der Waals surface area (Å²) in [6.45, 7) is 8.91. The minimum Gasteiger partial charge on any atom is -0.366 e. The van der Waals surface area contributed by atoms with E-state index in [0.29, 0.717) is 0 Å². The molecule has 3 atom stereocenters. The molecule has 1 aliphatic heterocycles. The Labute approximate surface area is 100 Å². The maximum atomic E-state index is 6.59. The molecule has 0 bridgehead atoms. The summed E-state index contributed by atoms with van der Waals surface area (Å²) in [5.74, 6) is 0.764. The molecule has 0 aromatic carbocycles. The Morgan fingerprint density at radius 2 is 2.06 bits per heavy atom. The topological polar surface area (TPSA) is 21.3 Å². The molecule has 2 fully saturated rings. The van der Waals surface area contributed by atoms with E-state index in [1.54, 1.807) is 0 Å². The summed E-state index contributed by atoms with van der Waals surface area (Å²) in [4.78, 5) is 0. The molecule has 94 valence electrons. The lowest BCUT2D eigenvalue weighted by atomic mass is 9.72. The Balaban J connectivity index is 2.15. The van der Waals surface area contributed by atoms with Gasteiger partial charge in [-0.2, -0.15) is 0 Å². The normalized spacial score (nSPS) is 44.8. The monoisotopic (exact) mass is 225 g/mol. The molecule has 1 N–H and O–H groups in total. The molecule has 3 unspecified atom stereocenters. The van der Waals surface area contributed by atoms with Crippen molar-refractivity contribution in [3.63, 3.8) is 0 Å². The molecular weight excluding hydrogens is 198 g/mol. The summed E-state index contributed by atoms with van der Waals surface area (Å²) in [5.41, 5.74) is 0.207. The standard InChI is InChI=1S/C14H27NO/c1-4-12-8-6-7-9-14(12)11-15-10-13(3,5-2)16-14/h12,15H,4-11H2,1-3H3. The molecule has 2 rings (SSSR count). The van der Waals surface area contributed by atoms with E-state index in [1.165, 1.54) is 32.1 Å². The second-order valence-electron chi connectivity index (χ2n) is 5.92. The Morgan fingerprint density at radius 1 is 1.25 bits per heavy atom. The van der Waals surface area contributed by atoms with Crippen LogP contribution < -0.4 is 5.32 Å². The fraction of sp³-hybridized carbons (Fsp3) is 1.00. The Bertz CT molecular complexity index is 239. The van der Waals surface area contributed by atoms with Crippen LogP contribution in [-0.2, 0) is 4.74 Å². The first-order chi connectivity index (χ1) is 7.64. The van der Waals surface area contributed by atoms with Crippen molar-refractivity contribution in [1.29, 1.82) is 0 Å². The molecule has 1 heterocycles. The van der Waals surface area contributed by atoms with Gasteiger partial charge in [-0.1, -0.05) is 33.1 Å². The van der Waals surface area contributed by atoms with Crippen molar-refractivity contribution in [3.8, 4) is 0 Å². The second kappa shape index (κ2) is 4.66. The van der Waals surface area contributed by atoms with Gasteiger partial charge >= 0.3 is 0 Å². The third-order valence-corrected chi connectivity index (χ3v) is 4.76. The van der Waals surface area contributed by atoms with Gasteiger partial charge in [0.2, 0.25) is 0 Å². The molecule has 2 aliphatic rings. The SMILES string of the molecule is CCC1CCCCC12CNCC(C)(CC)O2. The third-order valence-electron chi connectivity index (χ3n) is 4.76. The Hall–Kier alpha value is -0.0800. The van der Waals surface area contributed by atoms with Crippen molar-refractivity contribution < 1.29 is 4.74 Å². The molecule has 1 saturated carbocycles. The van der Waals surface area contributed by atoms with Crippen LogP contribution in [0, 0.1) is 5.92 Å². The summed E-state index contributed by atoms with van der Waals surface area (Å²) in [6.07, 6.45) is 7.73. The van der Waals surface area contributed by atoms with Gasteiger partial charge in [0.1, 0.15) is 0 Å². The number of nitrogens with one attached hydrogen (secondary N) is 1. The largest absolute Gasteiger partial charge is 0.366 e. The summed E-state index contributed by atoms with van der Waals surface area (Å²) < 4.78 is 6.59. The number of hydrogen-bond acceptors (Lipinski definition) is 2. The molecule has 1 aliphatic carbocycles. The van der Waals surface area contributed by atoms with E-state index >= 15 is 0 Å². The lowest BCUT2D eigenvalue weighted by molar-refractivity contribution is -0.208. The van der Waals surface area contributed by atoms with Gasteiger partial charge < -0.3 is 10.1 Å². The van der Waals surface area contributed by atoms with Crippen LogP contribution in [0.15, 0.2) is 0 Å². The average molecular weight is 225 g/mol. The van der Waals surface area contributed by atoms with Crippen LogP contribution in [0.1, 0.15) is 59.3 Å². The maximum Gasteiger partial charge on any atom is 0.0842 e. The highest BCUT2D eigenvalue weighted by Crippen LogP contribution is 2.43. The second-order valence-corrected chi connectivity index (χ2v) is 5.92. The predicted molar refractivity (Wildman–Crippen MR) is 67.6 cm³/mol. The highest BCUT2D eigenvalue weighted by Gasteiger charge is 2.47. The summed E-state index contributed by atoms with van der Waals surface area (Å²) >= 11 is 0. The van der Waals surface area contributed by atoms with Gasteiger partial charge in [-0.3, -0.25) is 0 Å². The highest BCUT2D eigenvalue weighted by molar-refractivity contribution is 4.99. The van der Waals surface area contributed by atoms with Crippen molar-refractivity contribution in [2.75, 3.05) is 13.1 Å². The van der Waals surface area contributed by atoms with E-state index in [9.17, 15) is 0 Å². The van der Waals surface area contributed by atoms with Crippen LogP contribution in [-0.4, -0.2) is 24.3 Å². The van der Waals surface area contributed by atoms with E-state index in [2.05, 4.69) is 26.1 Å². The van der Waals surface area contributed by atoms with Crippen LogP contribution in [0.2, 0.25) is 0 Å². The quantitative estimate of drug-likeness (QED) is 0.779. The van der Waals surface area contributed by atoms with Gasteiger partial charge in [-0.15, -0.1) is 0 Å². The van der Waals surface area contributed by atoms with Crippen molar-refractivity contribution in [3.05, 3.63) is 0 Å². The molecule has 0 aromatic rings. The zero-order valence-corrected chi connectivity index (χ0v) is 11.1. The van der Waals surface area contributed by atoms with Crippen molar-refractivity contribution in [2.45, 2.75) is 70.5 Å². The van der Waals surface area contributed by atoms with Crippen molar-refractivity contribution in [2.24, 2.45) is 5.92 Å². The van der Waals surface area contributed by atoms with E-state index in [4.69, 9.17) is 4.74 Å². The predicted octanol–water partition coefficient (Wildman–Crippen LogP) is 3.11. The van der Waals surface area contributed by atoms with Gasteiger partial charge in [0, 0.05) is 13.1 Å². The van der Waals surface area contributed by atoms with E-state index in [-0.39, 0.29) is 11.2 Å². The minimum atomic E-state index is 0.0585. The molecule has 0 amide bonds. The fourth-order valence-corrected chi connectivity index (χ4v) is 3.52. The maximum absolute atomic E-state index is 6.59. The average Bonchev–Trinajstić information content (AvgIpc) is 2.30. The number of morpholine rings is 1. The molecule has 16 heavy (non-hydrogen) atoms. The van der Waals surface area contributed by atoms with E-state index in [1.807, 2.05) is 0 Å². The Kier molecular flexibility index (Phi) is 3.60. The first-order valence-corrected chi connectivity index (χ1v) is 7.05. The summed E-state index contributed by atoms with van der Waals surface area (Å²) in [6, 6.07) is 0. The highest BCUT2D eigenvalue weighted by atomic mass is 16.5. The third kappa shape index (κ3) is 2.14. The molecule has 0 aromatic heterocycles. The molecule has 1 saturated heterocycles. The van der Waals surface area contributed by atoms with Gasteiger partial charge in [0.15, 0.2) is 0 Å². The van der Waals surface area contributed by atoms with Crippen LogP contribution in [0.25, 0.3) is 0 Å². The Morgan fingerprint density at radius 3 is 2.75 bits per heavy atom. The number of hydrogen-bond donors (Lipinski definition) is 1. The molecule has 2 heteroatoms. The first kappa shape index (κ1) is 12.4. The lowest BCUT2D eigenvalue weighted by Crippen LogP contribution is -2.62. The zero-order chi connectivity index (χ0) is 11.6. The molecule has 1 spiro atoms. The van der Waals surface area contributed by atoms with Crippen molar-refractivity contribution >= 4 is 0 Å². The smallest absolute Gasteiger partial charge is 0.0842 e. The van der Waals surface area contributed by atoms with Crippen LogP contribution in [0.4, 0.5) is 0 Å².